The summed E-state index contributed by atoms with van der Waals surface area (Å²) >= 11 is 12.2. The van der Waals surface area contributed by atoms with Crippen molar-refractivity contribution in [2.24, 2.45) is 19.5 Å². The Morgan fingerprint density at radius 2 is 1.82 bits per heavy atom. The summed E-state index contributed by atoms with van der Waals surface area (Å²) in [7, 11) is 3.03. The number of carbonyl (C=O) groups is 1. The Morgan fingerprint density at radius 3 is 2.58 bits per heavy atom. The van der Waals surface area contributed by atoms with Crippen LogP contribution < -0.4 is 16.6 Å². The number of amides is 2. The van der Waals surface area contributed by atoms with Crippen molar-refractivity contribution in [1.82, 2.24) is 24.3 Å². The second-order valence-electron chi connectivity index (χ2n) is 9.27. The zero-order valence-electron chi connectivity index (χ0n) is 18.9. The minimum atomic E-state index is -0.406. The molecule has 0 saturated carbocycles. The monoisotopic (exact) mass is 493 g/mol. The zero-order chi connectivity index (χ0) is 23.8. The van der Waals surface area contributed by atoms with Gasteiger partial charge in [-0.05, 0) is 43.5 Å². The molecule has 10 heteroatoms. The lowest BCUT2D eigenvalue weighted by molar-refractivity contribution is 0.107. The van der Waals surface area contributed by atoms with Crippen LogP contribution in [0.15, 0.2) is 33.9 Å². The highest BCUT2D eigenvalue weighted by Gasteiger charge is 2.42. The molecule has 1 N–H and O–H groups in total. The van der Waals surface area contributed by atoms with Crippen molar-refractivity contribution in [2.75, 3.05) is 26.2 Å². The minimum Gasteiger partial charge on any atom is -0.332 e. The number of likely N-dealkylation sites (tertiary alicyclic amines) is 2. The SMILES string of the molecule is Cn1c(CNC(=O)N2CCCC3(CCN(Cc4ccc(Cl)c(Cl)c4)C3)C2)cc(=O)n(C)c1=O. The Morgan fingerprint density at radius 1 is 1.03 bits per heavy atom. The molecule has 1 aromatic heterocycles. The van der Waals surface area contributed by atoms with Crippen LogP contribution in [0.1, 0.15) is 30.5 Å². The van der Waals surface area contributed by atoms with Gasteiger partial charge in [0.25, 0.3) is 5.56 Å². The number of nitrogens with zero attached hydrogens (tertiary/aromatic N) is 4. The number of hydrogen-bond acceptors (Lipinski definition) is 4. The van der Waals surface area contributed by atoms with E-state index in [1.165, 1.54) is 17.7 Å². The molecule has 2 aromatic rings. The third-order valence-electron chi connectivity index (χ3n) is 6.90. The van der Waals surface area contributed by atoms with Crippen LogP contribution in [-0.4, -0.2) is 51.1 Å². The highest BCUT2D eigenvalue weighted by molar-refractivity contribution is 6.42. The summed E-state index contributed by atoms with van der Waals surface area (Å²) in [6.07, 6.45) is 3.09. The summed E-state index contributed by atoms with van der Waals surface area (Å²) < 4.78 is 2.43. The van der Waals surface area contributed by atoms with Crippen LogP contribution in [0.25, 0.3) is 0 Å². The van der Waals surface area contributed by atoms with E-state index in [0.717, 1.165) is 49.0 Å². The lowest BCUT2D eigenvalue weighted by atomic mass is 9.79. The molecule has 0 aliphatic carbocycles. The molecule has 2 aliphatic heterocycles. The molecule has 1 atom stereocenters. The summed E-state index contributed by atoms with van der Waals surface area (Å²) in [5, 5.41) is 4.02. The number of aromatic nitrogens is 2. The van der Waals surface area contributed by atoms with Crippen LogP contribution in [0.3, 0.4) is 0 Å². The number of piperidine rings is 1. The van der Waals surface area contributed by atoms with Crippen LogP contribution in [0.4, 0.5) is 4.79 Å². The van der Waals surface area contributed by atoms with Gasteiger partial charge in [-0.2, -0.15) is 0 Å². The predicted molar refractivity (Wildman–Crippen MR) is 129 cm³/mol. The topological polar surface area (TPSA) is 79.6 Å². The van der Waals surface area contributed by atoms with Crippen LogP contribution in [0.5, 0.6) is 0 Å². The smallest absolute Gasteiger partial charge is 0.330 e. The van der Waals surface area contributed by atoms with Gasteiger partial charge in [-0.25, -0.2) is 9.59 Å². The van der Waals surface area contributed by atoms with Gasteiger partial charge in [0.05, 0.1) is 16.6 Å². The van der Waals surface area contributed by atoms with Gasteiger partial charge < -0.3 is 10.2 Å². The molecular formula is C23H29Cl2N5O3. The maximum absolute atomic E-state index is 12.9. The maximum atomic E-state index is 12.9. The Kier molecular flexibility index (Phi) is 6.88. The van der Waals surface area contributed by atoms with Crippen LogP contribution in [-0.2, 0) is 27.2 Å². The van der Waals surface area contributed by atoms with Crippen molar-refractivity contribution in [2.45, 2.75) is 32.4 Å². The van der Waals surface area contributed by atoms with E-state index in [9.17, 15) is 14.4 Å². The van der Waals surface area contributed by atoms with Crippen molar-refractivity contribution in [1.29, 1.82) is 0 Å². The molecule has 33 heavy (non-hydrogen) atoms. The number of hydrogen-bond donors (Lipinski definition) is 1. The fourth-order valence-electron chi connectivity index (χ4n) is 5.00. The Hall–Kier alpha value is -2.29. The number of halogens is 2. The maximum Gasteiger partial charge on any atom is 0.330 e. The quantitative estimate of drug-likeness (QED) is 0.709. The van der Waals surface area contributed by atoms with E-state index < -0.39 is 5.69 Å². The molecule has 4 rings (SSSR count). The fraction of sp³-hybridized carbons (Fsp3) is 0.522. The fourth-order valence-corrected chi connectivity index (χ4v) is 5.32. The van der Waals surface area contributed by atoms with Gasteiger partial charge in [0.1, 0.15) is 0 Å². The van der Waals surface area contributed by atoms with Crippen LogP contribution >= 0.6 is 23.2 Å². The van der Waals surface area contributed by atoms with Crippen molar-refractivity contribution in [3.05, 3.63) is 66.4 Å². The van der Waals surface area contributed by atoms with Crippen molar-refractivity contribution in [3.8, 4) is 0 Å². The van der Waals surface area contributed by atoms with E-state index in [2.05, 4.69) is 10.2 Å². The van der Waals surface area contributed by atoms with E-state index in [-0.39, 0.29) is 23.6 Å². The first-order chi connectivity index (χ1) is 15.7. The summed E-state index contributed by atoms with van der Waals surface area (Å²) in [6, 6.07) is 6.97. The number of rotatable bonds is 4. The highest BCUT2D eigenvalue weighted by atomic mass is 35.5. The van der Waals surface area contributed by atoms with Crippen molar-refractivity contribution >= 4 is 29.2 Å². The standard InChI is InChI=1S/C23H29Cl2N5O3/c1-27-17(11-20(31)28(2)22(27)33)12-26-21(32)30-8-3-6-23(15-30)7-9-29(14-23)13-16-4-5-18(24)19(25)10-16/h4-5,10-11H,3,6-9,12-15H2,1-2H3,(H,26,32). The minimum absolute atomic E-state index is 0.0847. The molecule has 1 spiro atoms. The first-order valence-electron chi connectivity index (χ1n) is 11.1. The molecule has 1 unspecified atom stereocenters. The van der Waals surface area contributed by atoms with Crippen LogP contribution in [0.2, 0.25) is 10.0 Å². The third-order valence-corrected chi connectivity index (χ3v) is 7.64. The Labute approximate surface area is 202 Å². The van der Waals surface area contributed by atoms with E-state index in [4.69, 9.17) is 23.2 Å². The number of urea groups is 1. The average Bonchev–Trinajstić information content (AvgIpc) is 3.17. The molecule has 2 amide bonds. The molecule has 0 radical (unpaired) electrons. The lowest BCUT2D eigenvalue weighted by Gasteiger charge is -2.40. The number of nitrogens with one attached hydrogen (secondary N) is 1. The predicted octanol–water partition coefficient (Wildman–Crippen LogP) is 2.59. The summed E-state index contributed by atoms with van der Waals surface area (Å²) in [6.45, 7) is 4.25. The van der Waals surface area contributed by atoms with Gasteiger partial charge in [-0.15, -0.1) is 0 Å². The molecule has 0 bridgehead atoms. The van der Waals surface area contributed by atoms with Gasteiger partial charge in [-0.1, -0.05) is 29.3 Å². The number of benzene rings is 1. The van der Waals surface area contributed by atoms with Gasteiger partial charge in [-0.3, -0.25) is 18.8 Å². The third kappa shape index (κ3) is 5.13. The molecule has 2 saturated heterocycles. The summed E-state index contributed by atoms with van der Waals surface area (Å²) in [4.78, 5) is 41.2. The van der Waals surface area contributed by atoms with Gasteiger partial charge >= 0.3 is 11.7 Å². The van der Waals surface area contributed by atoms with Gasteiger partial charge in [0.15, 0.2) is 0 Å². The van der Waals surface area contributed by atoms with Crippen molar-refractivity contribution in [3.63, 3.8) is 0 Å². The summed E-state index contributed by atoms with van der Waals surface area (Å²) in [5.74, 6) is 0. The van der Waals surface area contributed by atoms with Gasteiger partial charge in [0, 0.05) is 57.4 Å². The van der Waals surface area contributed by atoms with E-state index in [0.29, 0.717) is 28.8 Å². The lowest BCUT2D eigenvalue weighted by Crippen LogP contribution is -2.50. The first-order valence-corrected chi connectivity index (χ1v) is 11.9. The molecular weight excluding hydrogens is 465 g/mol. The second kappa shape index (κ2) is 9.52. The zero-order valence-corrected chi connectivity index (χ0v) is 20.5. The van der Waals surface area contributed by atoms with Crippen molar-refractivity contribution < 1.29 is 4.79 Å². The molecule has 1 aromatic carbocycles. The highest BCUT2D eigenvalue weighted by Crippen LogP contribution is 2.39. The van der Waals surface area contributed by atoms with Gasteiger partial charge in [0.2, 0.25) is 0 Å². The number of carbonyl (C=O) groups excluding carboxylic acids is 1. The van der Waals surface area contributed by atoms with E-state index >= 15 is 0 Å². The molecule has 3 heterocycles. The second-order valence-corrected chi connectivity index (χ2v) is 10.1. The first kappa shape index (κ1) is 23.9. The van der Waals surface area contributed by atoms with Crippen LogP contribution in [0, 0.1) is 5.41 Å². The normalized spacial score (nSPS) is 21.0. The molecule has 2 fully saturated rings. The van der Waals surface area contributed by atoms with E-state index in [1.807, 2.05) is 23.1 Å². The Bertz CT molecular complexity index is 1180. The molecule has 178 valence electrons. The molecule has 8 nitrogen and oxygen atoms in total. The summed E-state index contributed by atoms with van der Waals surface area (Å²) in [5.41, 5.74) is 0.911. The average molecular weight is 494 g/mol. The van der Waals surface area contributed by atoms with E-state index in [1.54, 1.807) is 7.05 Å². The Balaban J connectivity index is 1.36. The largest absolute Gasteiger partial charge is 0.332 e. The molecule has 2 aliphatic rings.